The van der Waals surface area contributed by atoms with E-state index in [1.807, 2.05) is 0 Å². The number of unbranched alkanes of at least 4 members (excludes halogenated alkanes) is 12. The fourth-order valence-corrected chi connectivity index (χ4v) is 3.84. The van der Waals surface area contributed by atoms with Crippen LogP contribution in [0, 0.1) is 0 Å². The van der Waals surface area contributed by atoms with Gasteiger partial charge in [0.15, 0.2) is 0 Å². The van der Waals surface area contributed by atoms with Gasteiger partial charge in [-0.05, 0) is 19.3 Å². The van der Waals surface area contributed by atoms with Crippen molar-refractivity contribution in [1.82, 2.24) is 5.32 Å². The summed E-state index contributed by atoms with van der Waals surface area (Å²) in [7, 11) is 0. The van der Waals surface area contributed by atoms with Crippen molar-refractivity contribution in [3.05, 3.63) is 0 Å². The number of hydrogen-bond acceptors (Lipinski definition) is 3. The van der Waals surface area contributed by atoms with Crippen LogP contribution in [-0.4, -0.2) is 24.0 Å². The standard InChI is InChI=1S/C24H47NO3/c1-5-7-8-9-10-11-12-13-14-15-16-17-18-20-24(28-22(4)27)23(19-6-2)25-21(3)26/h23-24H,5-20H2,1-4H3,(H,25,26). The van der Waals surface area contributed by atoms with Crippen LogP contribution in [0.15, 0.2) is 0 Å². The molecule has 1 amide bonds. The summed E-state index contributed by atoms with van der Waals surface area (Å²) in [5.74, 6) is -0.313. The summed E-state index contributed by atoms with van der Waals surface area (Å²) in [5.41, 5.74) is 0. The highest BCUT2D eigenvalue weighted by Crippen LogP contribution is 2.17. The van der Waals surface area contributed by atoms with Crippen LogP contribution in [0.25, 0.3) is 0 Å². The summed E-state index contributed by atoms with van der Waals surface area (Å²) in [6.45, 7) is 7.33. The highest BCUT2D eigenvalue weighted by molar-refractivity contribution is 5.73. The van der Waals surface area contributed by atoms with Crippen LogP contribution in [0.3, 0.4) is 0 Å². The van der Waals surface area contributed by atoms with Gasteiger partial charge in [0.25, 0.3) is 0 Å². The Morgan fingerprint density at radius 1 is 0.679 bits per heavy atom. The topological polar surface area (TPSA) is 55.4 Å². The Kier molecular flexibility index (Phi) is 18.5. The minimum atomic E-state index is -0.258. The van der Waals surface area contributed by atoms with Gasteiger partial charge in [0.2, 0.25) is 5.91 Å². The molecule has 0 aliphatic carbocycles. The molecule has 0 rings (SSSR count). The van der Waals surface area contributed by atoms with Crippen LogP contribution in [0.1, 0.15) is 130 Å². The first kappa shape index (κ1) is 26.9. The molecule has 0 fully saturated rings. The highest BCUT2D eigenvalue weighted by atomic mass is 16.5. The Morgan fingerprint density at radius 2 is 1.14 bits per heavy atom. The lowest BCUT2D eigenvalue weighted by Crippen LogP contribution is -2.44. The van der Waals surface area contributed by atoms with E-state index in [1.54, 1.807) is 0 Å². The summed E-state index contributed by atoms with van der Waals surface area (Å²) in [5, 5.41) is 2.97. The van der Waals surface area contributed by atoms with Gasteiger partial charge in [-0.1, -0.05) is 97.3 Å². The smallest absolute Gasteiger partial charge is 0.302 e. The monoisotopic (exact) mass is 397 g/mol. The maximum Gasteiger partial charge on any atom is 0.302 e. The molecule has 1 N–H and O–H groups in total. The van der Waals surface area contributed by atoms with E-state index >= 15 is 0 Å². The molecule has 0 aliphatic rings. The highest BCUT2D eigenvalue weighted by Gasteiger charge is 2.24. The van der Waals surface area contributed by atoms with Crippen molar-refractivity contribution in [3.8, 4) is 0 Å². The van der Waals surface area contributed by atoms with Crippen molar-refractivity contribution in [1.29, 1.82) is 0 Å². The third kappa shape index (κ3) is 17.1. The first-order chi connectivity index (χ1) is 13.5. The lowest BCUT2D eigenvalue weighted by atomic mass is 9.98. The van der Waals surface area contributed by atoms with Gasteiger partial charge in [-0.3, -0.25) is 9.59 Å². The average Bonchev–Trinajstić information content (AvgIpc) is 2.63. The molecular weight excluding hydrogens is 350 g/mol. The summed E-state index contributed by atoms with van der Waals surface area (Å²) in [6, 6.07) is -0.0660. The summed E-state index contributed by atoms with van der Waals surface area (Å²) in [4.78, 5) is 22.9. The SMILES string of the molecule is CCCCCCCCCCCCCCCC(OC(C)=O)C(CCC)NC(C)=O. The maximum absolute atomic E-state index is 11.5. The summed E-state index contributed by atoms with van der Waals surface area (Å²) < 4.78 is 5.52. The quantitative estimate of drug-likeness (QED) is 0.195. The van der Waals surface area contributed by atoms with Gasteiger partial charge in [0, 0.05) is 13.8 Å². The largest absolute Gasteiger partial charge is 0.460 e. The van der Waals surface area contributed by atoms with Crippen molar-refractivity contribution in [3.63, 3.8) is 0 Å². The number of esters is 1. The zero-order chi connectivity index (χ0) is 21.0. The van der Waals surface area contributed by atoms with Gasteiger partial charge in [0.1, 0.15) is 6.10 Å². The molecule has 0 bridgehead atoms. The van der Waals surface area contributed by atoms with Gasteiger partial charge in [-0.15, -0.1) is 0 Å². The number of rotatable bonds is 19. The number of ether oxygens (including phenoxy) is 1. The zero-order valence-corrected chi connectivity index (χ0v) is 19.2. The van der Waals surface area contributed by atoms with E-state index in [2.05, 4.69) is 19.2 Å². The van der Waals surface area contributed by atoms with E-state index in [4.69, 9.17) is 4.74 Å². The molecule has 28 heavy (non-hydrogen) atoms. The average molecular weight is 398 g/mol. The molecule has 0 saturated carbocycles. The minimum Gasteiger partial charge on any atom is -0.460 e. The molecule has 0 aromatic rings. The third-order valence-electron chi connectivity index (χ3n) is 5.35. The molecule has 0 saturated heterocycles. The molecule has 0 aromatic heterocycles. The number of carbonyl (C=O) groups is 2. The first-order valence-electron chi connectivity index (χ1n) is 12.0. The molecule has 2 atom stereocenters. The molecule has 0 aliphatic heterocycles. The lowest BCUT2D eigenvalue weighted by Gasteiger charge is -2.27. The van der Waals surface area contributed by atoms with Gasteiger partial charge >= 0.3 is 5.97 Å². The van der Waals surface area contributed by atoms with E-state index in [0.29, 0.717) is 0 Å². The molecule has 4 heteroatoms. The van der Waals surface area contributed by atoms with Gasteiger partial charge < -0.3 is 10.1 Å². The Hall–Kier alpha value is -1.06. The van der Waals surface area contributed by atoms with Crippen molar-refractivity contribution in [2.45, 2.75) is 143 Å². The predicted octanol–water partition coefficient (Wildman–Crippen LogP) is 6.70. The molecule has 2 unspecified atom stereocenters. The normalized spacial score (nSPS) is 13.1. The molecule has 166 valence electrons. The van der Waals surface area contributed by atoms with Gasteiger partial charge in [0.05, 0.1) is 6.04 Å². The zero-order valence-electron chi connectivity index (χ0n) is 19.2. The Balaban J connectivity index is 3.84. The third-order valence-corrected chi connectivity index (χ3v) is 5.35. The molecular formula is C24H47NO3. The summed E-state index contributed by atoms with van der Waals surface area (Å²) in [6.07, 6.45) is 19.7. The molecule has 0 heterocycles. The number of hydrogen-bond donors (Lipinski definition) is 1. The second-order valence-electron chi connectivity index (χ2n) is 8.27. The van der Waals surface area contributed by atoms with Crippen molar-refractivity contribution < 1.29 is 14.3 Å². The van der Waals surface area contributed by atoms with Crippen LogP contribution in [0.4, 0.5) is 0 Å². The van der Waals surface area contributed by atoms with Gasteiger partial charge in [-0.2, -0.15) is 0 Å². The second-order valence-corrected chi connectivity index (χ2v) is 8.27. The fourth-order valence-electron chi connectivity index (χ4n) is 3.84. The predicted molar refractivity (Wildman–Crippen MR) is 118 cm³/mol. The van der Waals surface area contributed by atoms with E-state index in [9.17, 15) is 9.59 Å². The van der Waals surface area contributed by atoms with Crippen molar-refractivity contribution in [2.75, 3.05) is 0 Å². The number of carbonyl (C=O) groups excluding carboxylic acids is 2. The Labute approximate surface area is 174 Å². The maximum atomic E-state index is 11.5. The first-order valence-corrected chi connectivity index (χ1v) is 12.0. The van der Waals surface area contributed by atoms with Crippen molar-refractivity contribution in [2.24, 2.45) is 0 Å². The van der Waals surface area contributed by atoms with Crippen LogP contribution < -0.4 is 5.32 Å². The number of nitrogens with one attached hydrogen (secondary N) is 1. The van der Waals surface area contributed by atoms with Gasteiger partial charge in [-0.25, -0.2) is 0 Å². The molecule has 4 nitrogen and oxygen atoms in total. The van der Waals surface area contributed by atoms with E-state index in [-0.39, 0.29) is 24.0 Å². The fraction of sp³-hybridized carbons (Fsp3) is 0.917. The van der Waals surface area contributed by atoms with Crippen LogP contribution in [-0.2, 0) is 14.3 Å². The van der Waals surface area contributed by atoms with Crippen LogP contribution in [0.5, 0.6) is 0 Å². The minimum absolute atomic E-state index is 0.0547. The van der Waals surface area contributed by atoms with E-state index in [0.717, 1.165) is 25.7 Å². The van der Waals surface area contributed by atoms with Crippen LogP contribution in [0.2, 0.25) is 0 Å². The van der Waals surface area contributed by atoms with E-state index < -0.39 is 0 Å². The molecule has 0 spiro atoms. The number of amides is 1. The molecule has 0 radical (unpaired) electrons. The lowest BCUT2D eigenvalue weighted by molar-refractivity contribution is -0.149. The summed E-state index contributed by atoms with van der Waals surface area (Å²) >= 11 is 0. The second kappa shape index (κ2) is 19.3. The Morgan fingerprint density at radius 3 is 1.54 bits per heavy atom. The van der Waals surface area contributed by atoms with Crippen molar-refractivity contribution >= 4 is 11.9 Å². The van der Waals surface area contributed by atoms with E-state index in [1.165, 1.54) is 90.9 Å². The molecule has 0 aromatic carbocycles. The van der Waals surface area contributed by atoms with Crippen LogP contribution >= 0.6 is 0 Å². The Bertz CT molecular complexity index is 384.